The van der Waals surface area contributed by atoms with Crippen molar-refractivity contribution >= 4 is 19.2 Å². The maximum absolute atomic E-state index is 5.55. The summed E-state index contributed by atoms with van der Waals surface area (Å²) in [6.45, 7) is 6.98. The van der Waals surface area contributed by atoms with E-state index in [0.717, 1.165) is 0 Å². The van der Waals surface area contributed by atoms with Gasteiger partial charge in [-0.1, -0.05) is 11.4 Å². The molecule has 0 aliphatic rings. The van der Waals surface area contributed by atoms with Gasteiger partial charge in [0.15, 0.2) is 8.11 Å². The van der Waals surface area contributed by atoms with E-state index < -0.39 is 8.11 Å². The summed E-state index contributed by atoms with van der Waals surface area (Å²) in [6, 6.07) is 0. The van der Waals surface area contributed by atoms with Crippen LogP contribution in [0.25, 0.3) is 0 Å². The first-order valence-corrected chi connectivity index (χ1v) is 4.78. The third-order valence-corrected chi connectivity index (χ3v) is 2.42. The number of hydrogen-bond donors (Lipinski definition) is 0. The molecule has 0 saturated carbocycles. The highest BCUT2D eigenvalue weighted by atomic mass is 35.6. The van der Waals surface area contributed by atoms with Gasteiger partial charge in [-0.05, 0) is 0 Å². The Balaban J connectivity index is 3.21. The molecule has 0 nitrogen and oxygen atoms in total. The molecule has 0 aliphatic heterocycles. The molecular weight excluding hydrogens is 112 g/mol. The minimum atomic E-state index is -1.16. The summed E-state index contributed by atoms with van der Waals surface area (Å²) >= 11 is 5.55. The monoisotopic (exact) mass is 118 g/mol. The van der Waals surface area contributed by atoms with Crippen LogP contribution in [-0.4, -0.2) is 8.11 Å². The molecule has 0 heterocycles. The Hall–Kier alpha value is -0.0131. The van der Waals surface area contributed by atoms with E-state index in [2.05, 4.69) is 13.2 Å². The van der Waals surface area contributed by atoms with Gasteiger partial charge in [-0.15, -0.1) is 13.2 Å². The predicted molar refractivity (Wildman–Crippen MR) is 33.4 cm³/mol. The second-order valence-electron chi connectivity index (χ2n) is 0.916. The zero-order chi connectivity index (χ0) is 4.99. The average molecular weight is 119 g/mol. The summed E-state index contributed by atoms with van der Waals surface area (Å²) in [5.41, 5.74) is 3.52. The first-order valence-electron chi connectivity index (χ1n) is 1.70. The van der Waals surface area contributed by atoms with E-state index in [0.29, 0.717) is 0 Å². The normalized spacial score (nSPS) is 8.33. The van der Waals surface area contributed by atoms with E-state index in [1.54, 1.807) is 11.4 Å². The standard InChI is InChI=1S/C4H7ClSi/c1-3-6(5)4-2/h3-4,6H,1-2H2. The summed E-state index contributed by atoms with van der Waals surface area (Å²) in [4.78, 5) is 0. The second-order valence-corrected chi connectivity index (χ2v) is 4.26. The molecule has 34 valence electrons. The zero-order valence-electron chi connectivity index (χ0n) is 3.52. The molecule has 0 aliphatic carbocycles. The topological polar surface area (TPSA) is 0 Å². The minimum Gasteiger partial charge on any atom is -0.161 e. The molecule has 0 aromatic heterocycles. The molecular formula is C4H7ClSi. The van der Waals surface area contributed by atoms with Gasteiger partial charge >= 0.3 is 0 Å². The van der Waals surface area contributed by atoms with Crippen LogP contribution >= 0.6 is 11.1 Å². The van der Waals surface area contributed by atoms with Crippen LogP contribution in [0.3, 0.4) is 0 Å². The van der Waals surface area contributed by atoms with Gasteiger partial charge < -0.3 is 0 Å². The maximum atomic E-state index is 5.55. The molecule has 0 N–H and O–H groups in total. The quantitative estimate of drug-likeness (QED) is 0.380. The Kier molecular flexibility index (Phi) is 3.18. The largest absolute Gasteiger partial charge is 0.186 e. The average Bonchev–Trinajstić information content (AvgIpc) is 1.65. The van der Waals surface area contributed by atoms with Crippen molar-refractivity contribution in [1.29, 1.82) is 0 Å². The lowest BCUT2D eigenvalue weighted by atomic mass is 11.2. The first kappa shape index (κ1) is 5.99. The van der Waals surface area contributed by atoms with E-state index in [-0.39, 0.29) is 0 Å². The molecule has 0 rings (SSSR count). The number of halogens is 1. The van der Waals surface area contributed by atoms with Crippen molar-refractivity contribution < 1.29 is 0 Å². The first-order chi connectivity index (χ1) is 2.81. The number of rotatable bonds is 2. The molecule has 0 atom stereocenters. The summed E-state index contributed by atoms with van der Waals surface area (Å²) in [6.07, 6.45) is 0. The molecule has 0 unspecified atom stereocenters. The van der Waals surface area contributed by atoms with Gasteiger partial charge in [-0.25, -0.2) is 0 Å². The van der Waals surface area contributed by atoms with Gasteiger partial charge in [0.25, 0.3) is 0 Å². The lowest BCUT2D eigenvalue weighted by Crippen LogP contribution is -1.88. The summed E-state index contributed by atoms with van der Waals surface area (Å²) < 4.78 is 0. The highest BCUT2D eigenvalue weighted by Crippen LogP contribution is 1.87. The Morgan fingerprint density at radius 3 is 1.67 bits per heavy atom. The van der Waals surface area contributed by atoms with Crippen molar-refractivity contribution in [3.8, 4) is 0 Å². The van der Waals surface area contributed by atoms with Crippen LogP contribution in [-0.2, 0) is 0 Å². The number of hydrogen-bond acceptors (Lipinski definition) is 0. The molecule has 0 aromatic carbocycles. The SMILES string of the molecule is C=C[SiH](Cl)C=C. The lowest BCUT2D eigenvalue weighted by molar-refractivity contribution is 2.41. The molecule has 6 heavy (non-hydrogen) atoms. The van der Waals surface area contributed by atoms with Crippen LogP contribution < -0.4 is 0 Å². The fourth-order valence-electron chi connectivity index (χ4n) is 0.0962. The van der Waals surface area contributed by atoms with Crippen LogP contribution in [0.1, 0.15) is 0 Å². The summed E-state index contributed by atoms with van der Waals surface area (Å²) in [5.74, 6) is 0. The van der Waals surface area contributed by atoms with Gasteiger partial charge in [0, 0.05) is 0 Å². The van der Waals surface area contributed by atoms with Crippen molar-refractivity contribution in [2.24, 2.45) is 0 Å². The van der Waals surface area contributed by atoms with Crippen LogP contribution in [0.15, 0.2) is 24.6 Å². The molecule has 0 aromatic rings. The highest BCUT2D eigenvalue weighted by Gasteiger charge is 1.86. The van der Waals surface area contributed by atoms with E-state index in [9.17, 15) is 0 Å². The van der Waals surface area contributed by atoms with E-state index >= 15 is 0 Å². The van der Waals surface area contributed by atoms with Crippen molar-refractivity contribution in [1.82, 2.24) is 0 Å². The molecule has 0 spiro atoms. The third kappa shape index (κ3) is 2.24. The Labute approximate surface area is 44.4 Å². The molecule has 0 bridgehead atoms. The smallest absolute Gasteiger partial charge is 0.161 e. The molecule has 0 fully saturated rings. The van der Waals surface area contributed by atoms with Gasteiger partial charge in [0.2, 0.25) is 0 Å². The Bertz CT molecular complexity index is 52.6. The summed E-state index contributed by atoms with van der Waals surface area (Å²) in [7, 11) is -1.16. The van der Waals surface area contributed by atoms with Crippen LogP contribution in [0.5, 0.6) is 0 Å². The second kappa shape index (κ2) is 3.19. The van der Waals surface area contributed by atoms with Crippen molar-refractivity contribution in [3.63, 3.8) is 0 Å². The predicted octanol–water partition coefficient (Wildman–Crippen LogP) is 1.40. The zero-order valence-corrected chi connectivity index (χ0v) is 5.43. The van der Waals surface area contributed by atoms with Crippen LogP contribution in [0, 0.1) is 0 Å². The van der Waals surface area contributed by atoms with Gasteiger partial charge in [-0.2, -0.15) is 11.1 Å². The molecule has 0 saturated heterocycles. The molecule has 0 radical (unpaired) electrons. The van der Waals surface area contributed by atoms with E-state index in [1.165, 1.54) is 0 Å². The van der Waals surface area contributed by atoms with Crippen molar-refractivity contribution in [3.05, 3.63) is 24.6 Å². The molecule has 0 amide bonds. The van der Waals surface area contributed by atoms with E-state index in [1.807, 2.05) is 0 Å². The third-order valence-electron chi connectivity index (χ3n) is 0.450. The van der Waals surface area contributed by atoms with Gasteiger partial charge in [0.05, 0.1) is 0 Å². The fourth-order valence-corrected chi connectivity index (χ4v) is 0.289. The van der Waals surface area contributed by atoms with Gasteiger partial charge in [-0.3, -0.25) is 0 Å². The highest BCUT2D eigenvalue weighted by molar-refractivity contribution is 7.12. The minimum absolute atomic E-state index is 1.16. The maximum Gasteiger partial charge on any atom is 0.186 e. The van der Waals surface area contributed by atoms with E-state index in [4.69, 9.17) is 11.1 Å². The van der Waals surface area contributed by atoms with Crippen molar-refractivity contribution in [2.75, 3.05) is 0 Å². The lowest BCUT2D eigenvalue weighted by Gasteiger charge is -1.81. The fraction of sp³-hybridized carbons (Fsp3) is 0. The van der Waals surface area contributed by atoms with Gasteiger partial charge in [0.1, 0.15) is 0 Å². The Morgan fingerprint density at radius 2 is 1.67 bits per heavy atom. The van der Waals surface area contributed by atoms with Crippen LogP contribution in [0.2, 0.25) is 0 Å². The molecule has 2 heteroatoms. The summed E-state index contributed by atoms with van der Waals surface area (Å²) in [5, 5.41) is 0. The Morgan fingerprint density at radius 1 is 1.33 bits per heavy atom. The van der Waals surface area contributed by atoms with Crippen LogP contribution in [0.4, 0.5) is 0 Å². The van der Waals surface area contributed by atoms with Crippen molar-refractivity contribution in [2.45, 2.75) is 0 Å².